The van der Waals surface area contributed by atoms with Crippen LogP contribution in [0.4, 0.5) is 0 Å². The molecule has 4 heteroatoms. The molecule has 0 N–H and O–H groups in total. The molecule has 0 bridgehead atoms. The number of hydrogen-bond acceptors (Lipinski definition) is 4. The second-order valence-corrected chi connectivity index (χ2v) is 7.76. The summed E-state index contributed by atoms with van der Waals surface area (Å²) in [6.45, 7) is 4.36. The molecule has 0 aromatic rings. The van der Waals surface area contributed by atoms with E-state index in [2.05, 4.69) is 26.0 Å². The van der Waals surface area contributed by atoms with Crippen LogP contribution in [0.1, 0.15) is 97.3 Å². The zero-order chi connectivity index (χ0) is 19.5. The van der Waals surface area contributed by atoms with Crippen molar-refractivity contribution in [1.82, 2.24) is 0 Å². The van der Waals surface area contributed by atoms with Crippen LogP contribution in [-0.2, 0) is 19.1 Å². The van der Waals surface area contributed by atoms with E-state index in [4.69, 9.17) is 9.47 Å². The largest absolute Gasteiger partial charge is 0.457 e. The lowest BCUT2D eigenvalue weighted by Gasteiger charge is -2.18. The summed E-state index contributed by atoms with van der Waals surface area (Å²) in [5.74, 6) is -0.911. The molecular weight excluding hydrogens is 340 g/mol. The van der Waals surface area contributed by atoms with Crippen LogP contribution in [0.15, 0.2) is 23.3 Å². The smallest absolute Gasteiger partial charge is 0.317 e. The van der Waals surface area contributed by atoms with Crippen LogP contribution in [0.5, 0.6) is 0 Å². The number of hydrogen-bond donors (Lipinski definition) is 0. The standard InChI is InChI=1S/C23H36O4/c1-3-5-7-11-18-13-9-15-20(18)26-22(24)17-23(25)27-21-16-10-14-19(21)12-8-6-4-2/h13-14,20-21H,3-12,15-17H2,1-2H3/t20-,21-/m1/s1. The van der Waals surface area contributed by atoms with E-state index < -0.39 is 11.9 Å². The van der Waals surface area contributed by atoms with Gasteiger partial charge < -0.3 is 9.47 Å². The third-order valence-electron chi connectivity index (χ3n) is 5.47. The Hall–Kier alpha value is -1.58. The molecule has 0 spiro atoms. The van der Waals surface area contributed by atoms with Crippen molar-refractivity contribution in [2.45, 2.75) is 110 Å². The number of ether oxygens (including phenoxy) is 2. The molecule has 0 aromatic heterocycles. The molecule has 2 aliphatic rings. The maximum atomic E-state index is 12.2. The predicted molar refractivity (Wildman–Crippen MR) is 107 cm³/mol. The average molecular weight is 377 g/mol. The maximum Gasteiger partial charge on any atom is 0.317 e. The summed E-state index contributed by atoms with van der Waals surface area (Å²) in [5.41, 5.74) is 2.45. The van der Waals surface area contributed by atoms with Gasteiger partial charge in [0.1, 0.15) is 18.6 Å². The van der Waals surface area contributed by atoms with Crippen molar-refractivity contribution in [3.8, 4) is 0 Å². The Labute approximate surface area is 164 Å². The van der Waals surface area contributed by atoms with Crippen LogP contribution < -0.4 is 0 Å². The molecule has 0 saturated carbocycles. The van der Waals surface area contributed by atoms with E-state index in [1.807, 2.05) is 0 Å². The first kappa shape index (κ1) is 21.7. The van der Waals surface area contributed by atoms with Gasteiger partial charge in [0.25, 0.3) is 0 Å². The highest BCUT2D eigenvalue weighted by atomic mass is 16.6. The molecule has 0 fully saturated rings. The van der Waals surface area contributed by atoms with Crippen LogP contribution in [0.25, 0.3) is 0 Å². The molecule has 2 rings (SSSR count). The zero-order valence-corrected chi connectivity index (χ0v) is 17.1. The fourth-order valence-electron chi connectivity index (χ4n) is 3.95. The van der Waals surface area contributed by atoms with Gasteiger partial charge in [0.05, 0.1) is 0 Å². The predicted octanol–water partition coefficient (Wildman–Crippen LogP) is 5.80. The number of rotatable bonds is 12. The molecular formula is C23H36O4. The third-order valence-corrected chi connectivity index (χ3v) is 5.47. The van der Waals surface area contributed by atoms with Gasteiger partial charge in [0, 0.05) is 0 Å². The molecule has 152 valence electrons. The lowest BCUT2D eigenvalue weighted by molar-refractivity contribution is -0.158. The molecule has 2 aliphatic carbocycles. The first-order chi connectivity index (χ1) is 13.1. The minimum Gasteiger partial charge on any atom is -0.457 e. The van der Waals surface area contributed by atoms with Crippen LogP contribution >= 0.6 is 0 Å². The molecule has 0 unspecified atom stereocenters. The molecule has 0 radical (unpaired) electrons. The van der Waals surface area contributed by atoms with Gasteiger partial charge in [-0.05, 0) is 62.5 Å². The monoisotopic (exact) mass is 376 g/mol. The Morgan fingerprint density at radius 2 is 1.26 bits per heavy atom. The summed E-state index contributed by atoms with van der Waals surface area (Å²) in [6.07, 6.45) is 16.4. The Bertz CT molecular complexity index is 499. The summed E-state index contributed by atoms with van der Waals surface area (Å²) < 4.78 is 11.1. The van der Waals surface area contributed by atoms with Gasteiger partial charge in [-0.25, -0.2) is 0 Å². The SMILES string of the molecule is CCCCCC1=CCC[C@H]1OC(=O)CC(=O)O[C@@H]1CCC=C1CCCCC. The number of allylic oxidation sites excluding steroid dienone is 2. The second kappa shape index (κ2) is 12.0. The summed E-state index contributed by atoms with van der Waals surface area (Å²) in [6, 6.07) is 0. The highest BCUT2D eigenvalue weighted by Crippen LogP contribution is 2.28. The lowest BCUT2D eigenvalue weighted by atomic mass is 10.1. The van der Waals surface area contributed by atoms with Gasteiger partial charge in [-0.1, -0.05) is 51.7 Å². The zero-order valence-electron chi connectivity index (χ0n) is 17.1. The van der Waals surface area contributed by atoms with E-state index in [-0.39, 0.29) is 18.6 Å². The van der Waals surface area contributed by atoms with E-state index in [0.717, 1.165) is 51.4 Å². The van der Waals surface area contributed by atoms with Gasteiger partial charge in [-0.2, -0.15) is 0 Å². The van der Waals surface area contributed by atoms with Crippen molar-refractivity contribution in [3.63, 3.8) is 0 Å². The van der Waals surface area contributed by atoms with Crippen LogP contribution in [0, 0.1) is 0 Å². The summed E-state index contributed by atoms with van der Waals surface area (Å²) in [7, 11) is 0. The maximum absolute atomic E-state index is 12.2. The van der Waals surface area contributed by atoms with Gasteiger partial charge in [-0.15, -0.1) is 0 Å². The summed E-state index contributed by atoms with van der Waals surface area (Å²) in [4.78, 5) is 24.4. The average Bonchev–Trinajstić information content (AvgIpc) is 3.25. The molecule has 2 atom stereocenters. The lowest BCUT2D eigenvalue weighted by Crippen LogP contribution is -2.24. The number of carbonyl (C=O) groups is 2. The van der Waals surface area contributed by atoms with E-state index >= 15 is 0 Å². The fourth-order valence-corrected chi connectivity index (χ4v) is 3.95. The molecule has 0 heterocycles. The van der Waals surface area contributed by atoms with Gasteiger partial charge in [-0.3, -0.25) is 9.59 Å². The van der Waals surface area contributed by atoms with Gasteiger partial charge in [0.2, 0.25) is 0 Å². The number of esters is 2. The van der Waals surface area contributed by atoms with Crippen molar-refractivity contribution in [1.29, 1.82) is 0 Å². The minimum atomic E-state index is -0.456. The molecule has 0 amide bonds. The van der Waals surface area contributed by atoms with E-state index in [1.54, 1.807) is 0 Å². The quantitative estimate of drug-likeness (QED) is 0.187. The van der Waals surface area contributed by atoms with Gasteiger partial charge >= 0.3 is 11.9 Å². The Morgan fingerprint density at radius 1 is 0.815 bits per heavy atom. The van der Waals surface area contributed by atoms with Crippen LogP contribution in [-0.4, -0.2) is 24.1 Å². The Balaban J connectivity index is 1.71. The molecule has 0 aliphatic heterocycles. The summed E-state index contributed by atoms with van der Waals surface area (Å²) in [5, 5.41) is 0. The van der Waals surface area contributed by atoms with E-state index in [1.165, 1.54) is 36.8 Å². The van der Waals surface area contributed by atoms with Crippen LogP contribution in [0.2, 0.25) is 0 Å². The van der Waals surface area contributed by atoms with Gasteiger partial charge in [0.15, 0.2) is 0 Å². The van der Waals surface area contributed by atoms with Crippen molar-refractivity contribution in [2.75, 3.05) is 0 Å². The topological polar surface area (TPSA) is 52.6 Å². The van der Waals surface area contributed by atoms with Crippen molar-refractivity contribution >= 4 is 11.9 Å². The highest BCUT2D eigenvalue weighted by Gasteiger charge is 2.27. The van der Waals surface area contributed by atoms with E-state index in [0.29, 0.717) is 0 Å². The Kier molecular flexibility index (Phi) is 9.65. The molecule has 0 saturated heterocycles. The van der Waals surface area contributed by atoms with Crippen molar-refractivity contribution in [3.05, 3.63) is 23.3 Å². The van der Waals surface area contributed by atoms with Crippen LogP contribution in [0.3, 0.4) is 0 Å². The minimum absolute atomic E-state index is 0.141. The summed E-state index contributed by atoms with van der Waals surface area (Å²) >= 11 is 0. The molecule has 4 nitrogen and oxygen atoms in total. The first-order valence-electron chi connectivity index (χ1n) is 10.9. The van der Waals surface area contributed by atoms with E-state index in [9.17, 15) is 9.59 Å². The Morgan fingerprint density at radius 3 is 1.67 bits per heavy atom. The normalized spacial score (nSPS) is 21.7. The molecule has 27 heavy (non-hydrogen) atoms. The van der Waals surface area contributed by atoms with Crippen molar-refractivity contribution in [2.24, 2.45) is 0 Å². The highest BCUT2D eigenvalue weighted by molar-refractivity contribution is 5.91. The van der Waals surface area contributed by atoms with Crippen molar-refractivity contribution < 1.29 is 19.1 Å². The molecule has 0 aromatic carbocycles. The fraction of sp³-hybridized carbons (Fsp3) is 0.739. The third kappa shape index (κ3) is 7.51. The number of unbranched alkanes of at least 4 members (excludes halogenated alkanes) is 4. The number of carbonyl (C=O) groups excluding carboxylic acids is 2. The first-order valence-corrected chi connectivity index (χ1v) is 10.9. The second-order valence-electron chi connectivity index (χ2n) is 7.76.